The normalized spacial score (nSPS) is 10.6. The fourth-order valence-corrected chi connectivity index (χ4v) is 1.72. The van der Waals surface area contributed by atoms with Gasteiger partial charge in [-0.3, -0.25) is 4.79 Å². The number of nitrogens with one attached hydrogen (secondary N) is 1. The van der Waals surface area contributed by atoms with Crippen molar-refractivity contribution in [2.75, 3.05) is 5.32 Å². The van der Waals surface area contributed by atoms with Gasteiger partial charge in [-0.2, -0.15) is 0 Å². The van der Waals surface area contributed by atoms with Gasteiger partial charge in [-0.1, -0.05) is 29.8 Å². The lowest BCUT2D eigenvalue weighted by Crippen LogP contribution is -2.09. The minimum atomic E-state index is -0.181. The van der Waals surface area contributed by atoms with Crippen molar-refractivity contribution < 1.29 is 4.79 Å². The highest BCUT2D eigenvalue weighted by atomic mass is 16.1. The van der Waals surface area contributed by atoms with Crippen LogP contribution < -0.4 is 5.32 Å². The molecule has 1 heterocycles. The summed E-state index contributed by atoms with van der Waals surface area (Å²) in [7, 11) is 0. The number of pyridine rings is 1. The number of anilines is 1. The number of nitrogens with zero attached hydrogens (tertiary/aromatic N) is 1. The standard InChI is InChI=1S/C16H16N2O/c1-12-4-3-5-14(10-12)6-7-16(19)18-15-11-13(2)8-9-17-15/h3-11H,1-2H3,(H,17,18,19)/b7-6+. The first kappa shape index (κ1) is 13.0. The van der Waals surface area contributed by atoms with E-state index in [0.29, 0.717) is 5.82 Å². The van der Waals surface area contributed by atoms with Crippen molar-refractivity contribution in [1.82, 2.24) is 4.98 Å². The molecule has 3 heteroatoms. The zero-order chi connectivity index (χ0) is 13.7. The Bertz CT molecular complexity index is 618. The minimum Gasteiger partial charge on any atom is -0.307 e. The Labute approximate surface area is 113 Å². The van der Waals surface area contributed by atoms with E-state index >= 15 is 0 Å². The SMILES string of the molecule is Cc1cccc(/C=C/C(=O)Nc2cc(C)ccn2)c1. The van der Waals surface area contributed by atoms with Gasteiger partial charge in [-0.05, 0) is 43.2 Å². The smallest absolute Gasteiger partial charge is 0.249 e. The third-order valence-corrected chi connectivity index (χ3v) is 2.64. The van der Waals surface area contributed by atoms with Gasteiger partial charge in [0.25, 0.3) is 0 Å². The molecule has 0 unspecified atom stereocenters. The van der Waals surface area contributed by atoms with Crippen molar-refractivity contribution in [1.29, 1.82) is 0 Å². The summed E-state index contributed by atoms with van der Waals surface area (Å²) in [5.74, 6) is 0.387. The molecule has 2 aromatic rings. The third kappa shape index (κ3) is 4.07. The Hall–Kier alpha value is -2.42. The van der Waals surface area contributed by atoms with Crippen molar-refractivity contribution in [2.45, 2.75) is 13.8 Å². The number of carbonyl (C=O) groups is 1. The van der Waals surface area contributed by atoms with Gasteiger partial charge in [0.1, 0.15) is 5.82 Å². The molecule has 0 radical (unpaired) electrons. The molecule has 0 aliphatic heterocycles. The van der Waals surface area contributed by atoms with Crippen LogP contribution in [0.25, 0.3) is 6.08 Å². The van der Waals surface area contributed by atoms with Crippen molar-refractivity contribution in [3.8, 4) is 0 Å². The molecule has 1 amide bonds. The van der Waals surface area contributed by atoms with E-state index in [4.69, 9.17) is 0 Å². The maximum atomic E-state index is 11.7. The second-order valence-electron chi connectivity index (χ2n) is 4.46. The summed E-state index contributed by atoms with van der Waals surface area (Å²) in [6.07, 6.45) is 4.98. The summed E-state index contributed by atoms with van der Waals surface area (Å²) in [6.45, 7) is 3.98. The number of aromatic nitrogens is 1. The molecule has 96 valence electrons. The average molecular weight is 252 g/mol. The van der Waals surface area contributed by atoms with Crippen LogP contribution in [0.1, 0.15) is 16.7 Å². The van der Waals surface area contributed by atoms with E-state index < -0.39 is 0 Å². The molecule has 0 spiro atoms. The number of amides is 1. The van der Waals surface area contributed by atoms with E-state index in [1.54, 1.807) is 12.3 Å². The van der Waals surface area contributed by atoms with Gasteiger partial charge >= 0.3 is 0 Å². The van der Waals surface area contributed by atoms with E-state index in [1.165, 1.54) is 11.6 Å². The van der Waals surface area contributed by atoms with E-state index in [2.05, 4.69) is 10.3 Å². The molecule has 0 saturated heterocycles. The Balaban J connectivity index is 2.01. The van der Waals surface area contributed by atoms with E-state index in [-0.39, 0.29) is 5.91 Å². The van der Waals surface area contributed by atoms with E-state index in [9.17, 15) is 4.79 Å². The van der Waals surface area contributed by atoms with Crippen LogP contribution in [0.2, 0.25) is 0 Å². The monoisotopic (exact) mass is 252 g/mol. The van der Waals surface area contributed by atoms with Crippen molar-refractivity contribution in [3.63, 3.8) is 0 Å². The van der Waals surface area contributed by atoms with Gasteiger partial charge < -0.3 is 5.32 Å². The first-order chi connectivity index (χ1) is 9.13. The number of benzene rings is 1. The third-order valence-electron chi connectivity index (χ3n) is 2.64. The van der Waals surface area contributed by atoms with Crippen LogP contribution >= 0.6 is 0 Å². The topological polar surface area (TPSA) is 42.0 Å². The zero-order valence-corrected chi connectivity index (χ0v) is 11.1. The van der Waals surface area contributed by atoms with Crippen LogP contribution in [-0.4, -0.2) is 10.9 Å². The largest absolute Gasteiger partial charge is 0.307 e. The molecule has 1 aromatic heterocycles. The van der Waals surface area contributed by atoms with Crippen molar-refractivity contribution in [3.05, 3.63) is 65.4 Å². The van der Waals surface area contributed by atoms with Crippen LogP contribution in [0.3, 0.4) is 0 Å². The summed E-state index contributed by atoms with van der Waals surface area (Å²) in [5.41, 5.74) is 3.24. The number of aryl methyl sites for hydroxylation is 2. The molecule has 2 rings (SSSR count). The summed E-state index contributed by atoms with van der Waals surface area (Å²) < 4.78 is 0. The Morgan fingerprint density at radius 3 is 2.68 bits per heavy atom. The zero-order valence-electron chi connectivity index (χ0n) is 11.1. The Morgan fingerprint density at radius 2 is 1.95 bits per heavy atom. The molecule has 19 heavy (non-hydrogen) atoms. The molecule has 0 bridgehead atoms. The predicted octanol–water partition coefficient (Wildman–Crippen LogP) is 3.35. The van der Waals surface area contributed by atoms with E-state index in [1.807, 2.05) is 50.2 Å². The number of hydrogen-bond donors (Lipinski definition) is 1. The second-order valence-corrected chi connectivity index (χ2v) is 4.46. The van der Waals surface area contributed by atoms with Crippen LogP contribution in [-0.2, 0) is 4.79 Å². The lowest BCUT2D eigenvalue weighted by atomic mass is 10.1. The molecule has 0 atom stereocenters. The number of carbonyl (C=O) groups excluding carboxylic acids is 1. The molecule has 1 aromatic carbocycles. The van der Waals surface area contributed by atoms with Crippen LogP contribution in [0.15, 0.2) is 48.7 Å². The molecule has 0 fully saturated rings. The molecule has 0 aliphatic carbocycles. The lowest BCUT2D eigenvalue weighted by Gasteiger charge is -2.01. The van der Waals surface area contributed by atoms with E-state index in [0.717, 1.165) is 11.1 Å². The number of rotatable bonds is 3. The maximum absolute atomic E-state index is 11.7. The van der Waals surface area contributed by atoms with Gasteiger partial charge in [0, 0.05) is 12.3 Å². The van der Waals surface area contributed by atoms with Gasteiger partial charge in [-0.25, -0.2) is 4.98 Å². The fraction of sp³-hybridized carbons (Fsp3) is 0.125. The predicted molar refractivity (Wildman–Crippen MR) is 77.8 cm³/mol. The maximum Gasteiger partial charge on any atom is 0.249 e. The minimum absolute atomic E-state index is 0.181. The van der Waals surface area contributed by atoms with Gasteiger partial charge in [-0.15, -0.1) is 0 Å². The summed E-state index contributed by atoms with van der Waals surface area (Å²) >= 11 is 0. The summed E-state index contributed by atoms with van der Waals surface area (Å²) in [4.78, 5) is 15.8. The summed E-state index contributed by atoms with van der Waals surface area (Å²) in [6, 6.07) is 11.7. The molecular formula is C16H16N2O. The number of hydrogen-bond acceptors (Lipinski definition) is 2. The Morgan fingerprint density at radius 1 is 1.16 bits per heavy atom. The van der Waals surface area contributed by atoms with Gasteiger partial charge in [0.05, 0.1) is 0 Å². The lowest BCUT2D eigenvalue weighted by molar-refractivity contribution is -0.111. The van der Waals surface area contributed by atoms with Crippen LogP contribution in [0, 0.1) is 13.8 Å². The molecule has 3 nitrogen and oxygen atoms in total. The van der Waals surface area contributed by atoms with Crippen LogP contribution in [0.5, 0.6) is 0 Å². The molecule has 0 aliphatic rings. The fourth-order valence-electron chi connectivity index (χ4n) is 1.72. The molecule has 1 N–H and O–H groups in total. The average Bonchev–Trinajstić information content (AvgIpc) is 2.36. The highest BCUT2D eigenvalue weighted by Gasteiger charge is 1.99. The molecular weight excluding hydrogens is 236 g/mol. The van der Waals surface area contributed by atoms with Gasteiger partial charge in [0.15, 0.2) is 0 Å². The molecule has 0 saturated carbocycles. The Kier molecular flexibility index (Phi) is 4.08. The second kappa shape index (κ2) is 5.96. The van der Waals surface area contributed by atoms with Crippen molar-refractivity contribution in [2.24, 2.45) is 0 Å². The quantitative estimate of drug-likeness (QED) is 0.851. The highest BCUT2D eigenvalue weighted by molar-refractivity contribution is 6.01. The van der Waals surface area contributed by atoms with Gasteiger partial charge in [0.2, 0.25) is 5.91 Å². The highest BCUT2D eigenvalue weighted by Crippen LogP contribution is 2.07. The first-order valence-corrected chi connectivity index (χ1v) is 6.12. The van der Waals surface area contributed by atoms with Crippen LogP contribution in [0.4, 0.5) is 5.82 Å². The first-order valence-electron chi connectivity index (χ1n) is 6.12. The van der Waals surface area contributed by atoms with Crippen molar-refractivity contribution >= 4 is 17.8 Å². The summed E-state index contributed by atoms with van der Waals surface area (Å²) in [5, 5.41) is 2.73.